The van der Waals surface area contributed by atoms with Gasteiger partial charge in [-0.1, -0.05) is 11.6 Å². The van der Waals surface area contributed by atoms with E-state index in [-0.39, 0.29) is 0 Å². The van der Waals surface area contributed by atoms with E-state index in [0.717, 1.165) is 16.2 Å². The van der Waals surface area contributed by atoms with Gasteiger partial charge in [0.2, 0.25) is 0 Å². The van der Waals surface area contributed by atoms with Gasteiger partial charge in [0, 0.05) is 28.6 Å². The molecule has 0 amide bonds. The van der Waals surface area contributed by atoms with Gasteiger partial charge in [-0.2, -0.15) is 5.10 Å². The summed E-state index contributed by atoms with van der Waals surface area (Å²) >= 11 is 7.70. The lowest BCUT2D eigenvalue weighted by atomic mass is 10.1. The van der Waals surface area contributed by atoms with Crippen molar-refractivity contribution in [2.45, 2.75) is 4.90 Å². The Hall–Kier alpha value is -1.13. The lowest BCUT2D eigenvalue weighted by Gasteiger charge is -2.01. The predicted octanol–water partition coefficient (Wildman–Crippen LogP) is 3.04. The van der Waals surface area contributed by atoms with E-state index in [1.165, 1.54) is 0 Å². The molecule has 0 unspecified atom stereocenters. The number of thioether (sulfide) groups is 1. The Morgan fingerprint density at radius 1 is 1.31 bits per heavy atom. The molecule has 0 spiro atoms. The number of hydrogen-bond donors (Lipinski definition) is 1. The molecule has 0 atom stereocenters. The van der Waals surface area contributed by atoms with Crippen molar-refractivity contribution in [2.75, 3.05) is 12.0 Å². The highest BCUT2D eigenvalue weighted by molar-refractivity contribution is 7.98. The van der Waals surface area contributed by atoms with Crippen LogP contribution in [0.5, 0.6) is 0 Å². The SMILES string of the molecule is CSc1cc(Cl)cc(-c2cc(N)n(C)n2)c1. The van der Waals surface area contributed by atoms with Gasteiger partial charge in [-0.15, -0.1) is 11.8 Å². The summed E-state index contributed by atoms with van der Waals surface area (Å²) in [6, 6.07) is 7.72. The molecule has 0 aliphatic rings. The van der Waals surface area contributed by atoms with Crippen molar-refractivity contribution in [3.8, 4) is 11.3 Å². The molecular weight excluding hydrogens is 242 g/mol. The van der Waals surface area contributed by atoms with Crippen molar-refractivity contribution in [1.82, 2.24) is 9.78 Å². The Morgan fingerprint density at radius 3 is 2.62 bits per heavy atom. The van der Waals surface area contributed by atoms with E-state index in [0.29, 0.717) is 10.8 Å². The zero-order chi connectivity index (χ0) is 11.7. The zero-order valence-electron chi connectivity index (χ0n) is 9.07. The van der Waals surface area contributed by atoms with E-state index in [2.05, 4.69) is 11.2 Å². The van der Waals surface area contributed by atoms with Crippen LogP contribution in [-0.2, 0) is 7.05 Å². The first-order valence-electron chi connectivity index (χ1n) is 4.74. The van der Waals surface area contributed by atoms with Crippen LogP contribution in [0.15, 0.2) is 29.2 Å². The topological polar surface area (TPSA) is 43.8 Å². The van der Waals surface area contributed by atoms with Crippen LogP contribution in [0.1, 0.15) is 0 Å². The van der Waals surface area contributed by atoms with Crippen LogP contribution in [0.25, 0.3) is 11.3 Å². The minimum atomic E-state index is 0.640. The molecule has 0 aliphatic carbocycles. The van der Waals surface area contributed by atoms with Crippen LogP contribution in [0.2, 0.25) is 5.02 Å². The maximum atomic E-state index is 6.05. The first-order valence-corrected chi connectivity index (χ1v) is 6.35. The molecule has 0 saturated heterocycles. The van der Waals surface area contributed by atoms with E-state index < -0.39 is 0 Å². The minimum Gasteiger partial charge on any atom is -0.384 e. The van der Waals surface area contributed by atoms with Crippen molar-refractivity contribution in [3.63, 3.8) is 0 Å². The highest BCUT2D eigenvalue weighted by atomic mass is 35.5. The number of hydrogen-bond acceptors (Lipinski definition) is 3. The number of nitrogen functional groups attached to an aromatic ring is 1. The summed E-state index contributed by atoms with van der Waals surface area (Å²) in [6.07, 6.45) is 2.02. The number of nitrogens with zero attached hydrogens (tertiary/aromatic N) is 2. The van der Waals surface area contributed by atoms with Gasteiger partial charge in [-0.3, -0.25) is 4.68 Å². The summed E-state index contributed by atoms with van der Waals surface area (Å²) in [7, 11) is 1.82. The van der Waals surface area contributed by atoms with E-state index in [1.54, 1.807) is 16.4 Å². The Balaban J connectivity index is 2.50. The Labute approximate surface area is 104 Å². The summed E-state index contributed by atoms with van der Waals surface area (Å²) in [5, 5.41) is 5.03. The van der Waals surface area contributed by atoms with Gasteiger partial charge in [0.15, 0.2) is 0 Å². The number of aromatic nitrogens is 2. The third-order valence-electron chi connectivity index (χ3n) is 2.32. The minimum absolute atomic E-state index is 0.640. The number of halogens is 1. The second-order valence-electron chi connectivity index (χ2n) is 3.46. The van der Waals surface area contributed by atoms with E-state index >= 15 is 0 Å². The van der Waals surface area contributed by atoms with Crippen LogP contribution in [-0.4, -0.2) is 16.0 Å². The smallest absolute Gasteiger partial charge is 0.121 e. The van der Waals surface area contributed by atoms with Crippen molar-refractivity contribution < 1.29 is 0 Å². The van der Waals surface area contributed by atoms with Crippen molar-refractivity contribution in [2.24, 2.45) is 7.05 Å². The Morgan fingerprint density at radius 2 is 2.06 bits per heavy atom. The van der Waals surface area contributed by atoms with Gasteiger partial charge < -0.3 is 5.73 Å². The lowest BCUT2D eigenvalue weighted by molar-refractivity contribution is 0.782. The summed E-state index contributed by atoms with van der Waals surface area (Å²) < 4.78 is 1.65. The second-order valence-corrected chi connectivity index (χ2v) is 4.77. The number of aryl methyl sites for hydroxylation is 1. The number of benzene rings is 1. The summed E-state index contributed by atoms with van der Waals surface area (Å²) in [5.74, 6) is 0.640. The van der Waals surface area contributed by atoms with Crippen LogP contribution in [0, 0.1) is 0 Å². The van der Waals surface area contributed by atoms with Crippen LogP contribution in [0.3, 0.4) is 0 Å². The molecule has 2 N–H and O–H groups in total. The van der Waals surface area contributed by atoms with Crippen LogP contribution in [0.4, 0.5) is 5.82 Å². The number of nitrogens with two attached hydrogens (primary N) is 1. The van der Waals surface area contributed by atoms with Gasteiger partial charge in [0.25, 0.3) is 0 Å². The van der Waals surface area contributed by atoms with Gasteiger partial charge in [-0.05, 0) is 24.5 Å². The third kappa shape index (κ3) is 2.18. The monoisotopic (exact) mass is 253 g/mol. The molecule has 1 heterocycles. The molecule has 0 aliphatic heterocycles. The van der Waals surface area contributed by atoms with Crippen molar-refractivity contribution in [3.05, 3.63) is 29.3 Å². The van der Waals surface area contributed by atoms with E-state index in [1.807, 2.05) is 31.5 Å². The predicted molar refractivity (Wildman–Crippen MR) is 69.8 cm³/mol. The summed E-state index contributed by atoms with van der Waals surface area (Å²) in [4.78, 5) is 1.12. The maximum Gasteiger partial charge on any atom is 0.121 e. The van der Waals surface area contributed by atoms with Crippen molar-refractivity contribution in [1.29, 1.82) is 0 Å². The Bertz CT molecular complexity index is 502. The van der Waals surface area contributed by atoms with Gasteiger partial charge >= 0.3 is 0 Å². The normalized spacial score (nSPS) is 10.7. The maximum absolute atomic E-state index is 6.05. The molecule has 2 rings (SSSR count). The molecule has 1 aromatic heterocycles. The fourth-order valence-corrected chi connectivity index (χ4v) is 2.24. The van der Waals surface area contributed by atoms with Gasteiger partial charge in [0.05, 0.1) is 5.69 Å². The quantitative estimate of drug-likeness (QED) is 0.837. The van der Waals surface area contributed by atoms with E-state index in [4.69, 9.17) is 17.3 Å². The molecular formula is C11H12ClN3S. The molecule has 0 fully saturated rings. The number of rotatable bonds is 2. The first kappa shape index (κ1) is 11.4. The first-order chi connectivity index (χ1) is 7.60. The van der Waals surface area contributed by atoms with Crippen molar-refractivity contribution >= 4 is 29.2 Å². The number of anilines is 1. The molecule has 84 valence electrons. The molecule has 1 aromatic carbocycles. The highest BCUT2D eigenvalue weighted by Gasteiger charge is 2.07. The average Bonchev–Trinajstić information content (AvgIpc) is 2.58. The molecule has 0 bridgehead atoms. The van der Waals surface area contributed by atoms with Crippen LogP contribution < -0.4 is 5.73 Å². The largest absolute Gasteiger partial charge is 0.384 e. The van der Waals surface area contributed by atoms with E-state index in [9.17, 15) is 0 Å². The molecule has 0 radical (unpaired) electrons. The third-order valence-corrected chi connectivity index (χ3v) is 3.24. The van der Waals surface area contributed by atoms with Crippen LogP contribution >= 0.6 is 23.4 Å². The fourth-order valence-electron chi connectivity index (χ4n) is 1.45. The molecule has 3 nitrogen and oxygen atoms in total. The standard InChI is InChI=1S/C11H12ClN3S/c1-15-11(13)6-10(14-15)7-3-8(12)5-9(4-7)16-2/h3-6H,13H2,1-2H3. The molecule has 0 saturated carbocycles. The zero-order valence-corrected chi connectivity index (χ0v) is 10.6. The summed E-state index contributed by atoms with van der Waals surface area (Å²) in [5.41, 5.74) is 7.58. The highest BCUT2D eigenvalue weighted by Crippen LogP contribution is 2.28. The molecule has 2 aromatic rings. The summed E-state index contributed by atoms with van der Waals surface area (Å²) in [6.45, 7) is 0. The van der Waals surface area contributed by atoms with Gasteiger partial charge in [-0.25, -0.2) is 0 Å². The lowest BCUT2D eigenvalue weighted by Crippen LogP contribution is -1.96. The van der Waals surface area contributed by atoms with Gasteiger partial charge in [0.1, 0.15) is 5.82 Å². The average molecular weight is 254 g/mol. The fraction of sp³-hybridized carbons (Fsp3) is 0.182. The Kier molecular flexibility index (Phi) is 3.12. The second kappa shape index (κ2) is 4.39. The molecule has 16 heavy (non-hydrogen) atoms. The molecule has 5 heteroatoms.